The standard InChI is InChI=1S/C17H27NOS/c1-12-5-6-16(18-4)17(10-12)20(19)11-15-8-13(2)7-14(3)9-15/h7-9,12,16-18H,5-6,10-11H2,1-4H3. The van der Waals surface area contributed by atoms with Crippen LogP contribution in [0.5, 0.6) is 0 Å². The zero-order valence-corrected chi connectivity index (χ0v) is 13.9. The summed E-state index contributed by atoms with van der Waals surface area (Å²) in [4.78, 5) is 0. The van der Waals surface area contributed by atoms with Gasteiger partial charge >= 0.3 is 0 Å². The lowest BCUT2D eigenvalue weighted by molar-refractivity contribution is 0.324. The third-order valence-corrected chi connectivity index (χ3v) is 6.17. The summed E-state index contributed by atoms with van der Waals surface area (Å²) in [7, 11) is 1.21. The Bertz CT molecular complexity index is 466. The first-order valence-corrected chi connectivity index (χ1v) is 8.99. The van der Waals surface area contributed by atoms with Gasteiger partial charge in [0.15, 0.2) is 0 Å². The van der Waals surface area contributed by atoms with Crippen molar-refractivity contribution in [3.05, 3.63) is 34.9 Å². The zero-order valence-electron chi connectivity index (χ0n) is 13.1. The van der Waals surface area contributed by atoms with E-state index in [1.165, 1.54) is 23.1 Å². The van der Waals surface area contributed by atoms with Crippen molar-refractivity contribution in [1.82, 2.24) is 5.32 Å². The molecule has 3 heteroatoms. The van der Waals surface area contributed by atoms with Crippen molar-refractivity contribution in [3.63, 3.8) is 0 Å². The molecule has 1 N–H and O–H groups in total. The second-order valence-corrected chi connectivity index (χ2v) is 8.03. The third-order valence-electron chi connectivity index (χ3n) is 4.35. The first-order chi connectivity index (χ1) is 9.49. The molecule has 0 aromatic heterocycles. The largest absolute Gasteiger partial charge is 0.316 e. The summed E-state index contributed by atoms with van der Waals surface area (Å²) in [6.45, 7) is 6.50. The molecule has 1 aliphatic carbocycles. The summed E-state index contributed by atoms with van der Waals surface area (Å²) >= 11 is 0. The van der Waals surface area contributed by atoms with Crippen LogP contribution in [0, 0.1) is 19.8 Å². The van der Waals surface area contributed by atoms with Gasteiger partial charge in [0.25, 0.3) is 0 Å². The molecule has 2 rings (SSSR count). The predicted molar refractivity (Wildman–Crippen MR) is 87.4 cm³/mol. The Morgan fingerprint density at radius 2 is 1.85 bits per heavy atom. The van der Waals surface area contributed by atoms with Gasteiger partial charge in [0.2, 0.25) is 0 Å². The second kappa shape index (κ2) is 6.86. The Morgan fingerprint density at radius 1 is 1.20 bits per heavy atom. The molecule has 0 aliphatic heterocycles. The van der Waals surface area contributed by atoms with Gasteiger partial charge in [-0.3, -0.25) is 4.21 Å². The maximum Gasteiger partial charge on any atom is 0.0507 e. The molecule has 112 valence electrons. The molecule has 0 bridgehead atoms. The topological polar surface area (TPSA) is 29.1 Å². The van der Waals surface area contributed by atoms with Crippen LogP contribution in [0.15, 0.2) is 18.2 Å². The number of benzene rings is 1. The first-order valence-electron chi connectivity index (χ1n) is 7.61. The van der Waals surface area contributed by atoms with Crippen LogP contribution in [0.2, 0.25) is 0 Å². The van der Waals surface area contributed by atoms with Crippen LogP contribution >= 0.6 is 0 Å². The molecule has 0 amide bonds. The van der Waals surface area contributed by atoms with Gasteiger partial charge in [-0.1, -0.05) is 36.2 Å². The van der Waals surface area contributed by atoms with Crippen LogP contribution in [0.4, 0.5) is 0 Å². The lowest BCUT2D eigenvalue weighted by atomic mass is 9.87. The van der Waals surface area contributed by atoms with Crippen molar-refractivity contribution in [2.75, 3.05) is 7.05 Å². The average Bonchev–Trinajstić information content (AvgIpc) is 2.37. The number of hydrogen-bond donors (Lipinski definition) is 1. The second-order valence-electron chi connectivity index (χ2n) is 6.37. The Labute approximate surface area is 125 Å². The maximum atomic E-state index is 12.8. The van der Waals surface area contributed by atoms with Crippen LogP contribution in [0.3, 0.4) is 0 Å². The third kappa shape index (κ3) is 3.92. The molecule has 1 aromatic rings. The lowest BCUT2D eigenvalue weighted by Gasteiger charge is -2.34. The molecule has 20 heavy (non-hydrogen) atoms. The molecule has 4 unspecified atom stereocenters. The fraction of sp³-hybridized carbons (Fsp3) is 0.647. The Hall–Kier alpha value is -0.670. The van der Waals surface area contributed by atoms with E-state index < -0.39 is 10.8 Å². The zero-order chi connectivity index (χ0) is 14.7. The van der Waals surface area contributed by atoms with Crippen LogP contribution in [0.1, 0.15) is 42.9 Å². The molecule has 1 fully saturated rings. The van der Waals surface area contributed by atoms with Gasteiger partial charge in [0, 0.05) is 22.6 Å². The molecule has 0 radical (unpaired) electrons. The van der Waals surface area contributed by atoms with Crippen molar-refractivity contribution in [1.29, 1.82) is 0 Å². The van der Waals surface area contributed by atoms with Crippen LogP contribution in [-0.4, -0.2) is 22.5 Å². The Balaban J connectivity index is 2.09. The van der Waals surface area contributed by atoms with Crippen molar-refractivity contribution in [2.24, 2.45) is 5.92 Å². The maximum absolute atomic E-state index is 12.8. The molecular weight excluding hydrogens is 266 g/mol. The van der Waals surface area contributed by atoms with E-state index in [4.69, 9.17) is 0 Å². The number of rotatable bonds is 4. The van der Waals surface area contributed by atoms with E-state index in [2.05, 4.69) is 44.3 Å². The van der Waals surface area contributed by atoms with Gasteiger partial charge < -0.3 is 5.32 Å². The van der Waals surface area contributed by atoms with Gasteiger partial charge in [-0.05, 0) is 51.6 Å². The van der Waals surface area contributed by atoms with Crippen molar-refractivity contribution in [2.45, 2.75) is 57.1 Å². The van der Waals surface area contributed by atoms with E-state index in [-0.39, 0.29) is 0 Å². The van der Waals surface area contributed by atoms with E-state index in [1.807, 2.05) is 7.05 Å². The summed E-state index contributed by atoms with van der Waals surface area (Å²) in [5.41, 5.74) is 3.74. The smallest absolute Gasteiger partial charge is 0.0507 e. The van der Waals surface area contributed by atoms with Gasteiger partial charge in [0.1, 0.15) is 0 Å². The summed E-state index contributed by atoms with van der Waals surface area (Å²) in [6.07, 6.45) is 3.49. The highest BCUT2D eigenvalue weighted by Gasteiger charge is 2.31. The van der Waals surface area contributed by atoms with Gasteiger partial charge in [-0.15, -0.1) is 0 Å². The summed E-state index contributed by atoms with van der Waals surface area (Å²) < 4.78 is 12.8. The van der Waals surface area contributed by atoms with E-state index in [0.717, 1.165) is 12.8 Å². The average molecular weight is 293 g/mol. The van der Waals surface area contributed by atoms with E-state index in [9.17, 15) is 4.21 Å². The van der Waals surface area contributed by atoms with E-state index in [1.54, 1.807) is 0 Å². The Morgan fingerprint density at radius 3 is 2.45 bits per heavy atom. The number of nitrogens with one attached hydrogen (secondary N) is 1. The molecule has 1 aromatic carbocycles. The summed E-state index contributed by atoms with van der Waals surface area (Å²) in [6, 6.07) is 6.93. The molecule has 0 saturated heterocycles. The highest BCUT2D eigenvalue weighted by atomic mass is 32.2. The molecule has 1 aliphatic rings. The normalized spacial score (nSPS) is 28.3. The summed E-state index contributed by atoms with van der Waals surface area (Å²) in [5, 5.41) is 3.67. The molecule has 1 saturated carbocycles. The van der Waals surface area contributed by atoms with Crippen LogP contribution in [-0.2, 0) is 16.6 Å². The SMILES string of the molecule is CNC1CCC(C)CC1S(=O)Cc1cc(C)cc(C)c1. The number of hydrogen-bond acceptors (Lipinski definition) is 2. The molecule has 0 heterocycles. The monoisotopic (exact) mass is 293 g/mol. The van der Waals surface area contributed by atoms with Gasteiger partial charge in [-0.2, -0.15) is 0 Å². The Kier molecular flexibility index (Phi) is 5.39. The molecule has 2 nitrogen and oxygen atoms in total. The highest BCUT2D eigenvalue weighted by Crippen LogP contribution is 2.28. The van der Waals surface area contributed by atoms with Crippen LogP contribution in [0.25, 0.3) is 0 Å². The highest BCUT2D eigenvalue weighted by molar-refractivity contribution is 7.84. The van der Waals surface area contributed by atoms with E-state index in [0.29, 0.717) is 23.0 Å². The van der Waals surface area contributed by atoms with Crippen molar-refractivity contribution in [3.8, 4) is 0 Å². The molecule has 4 atom stereocenters. The minimum atomic E-state index is -0.787. The van der Waals surface area contributed by atoms with Crippen molar-refractivity contribution >= 4 is 10.8 Å². The molecule has 0 spiro atoms. The molecular formula is C17H27NOS. The minimum Gasteiger partial charge on any atom is -0.316 e. The van der Waals surface area contributed by atoms with Crippen molar-refractivity contribution < 1.29 is 4.21 Å². The lowest BCUT2D eigenvalue weighted by Crippen LogP contribution is -2.44. The van der Waals surface area contributed by atoms with E-state index >= 15 is 0 Å². The minimum absolute atomic E-state index is 0.296. The van der Waals surface area contributed by atoms with Gasteiger partial charge in [-0.25, -0.2) is 0 Å². The summed E-state index contributed by atoms with van der Waals surface area (Å²) in [5.74, 6) is 1.39. The number of aryl methyl sites for hydroxylation is 2. The quantitative estimate of drug-likeness (QED) is 0.922. The van der Waals surface area contributed by atoms with Gasteiger partial charge in [0.05, 0.1) is 5.25 Å². The fourth-order valence-corrected chi connectivity index (χ4v) is 5.26. The fourth-order valence-electron chi connectivity index (χ4n) is 3.37. The predicted octanol–water partition coefficient (Wildman–Crippen LogP) is 3.33. The first kappa shape index (κ1) is 15.7. The van der Waals surface area contributed by atoms with Crippen LogP contribution < -0.4 is 5.32 Å².